The van der Waals surface area contributed by atoms with Gasteiger partial charge in [0.05, 0.1) is 29.8 Å². The summed E-state index contributed by atoms with van der Waals surface area (Å²) in [5.41, 5.74) is 6.30. The topological polar surface area (TPSA) is 86.5 Å². The zero-order valence-electron chi connectivity index (χ0n) is 25.9. The van der Waals surface area contributed by atoms with Crippen LogP contribution in [0, 0.1) is 12.1 Å². The minimum Gasteiger partial charge on any atom is -0.393 e. The van der Waals surface area contributed by atoms with Gasteiger partial charge in [-0.2, -0.15) is 22.7 Å². The number of thiazole rings is 2. The van der Waals surface area contributed by atoms with Crippen LogP contribution in [0.1, 0.15) is 30.9 Å². The molecule has 2 heterocycles. The van der Waals surface area contributed by atoms with Crippen LogP contribution in [0.15, 0.2) is 121 Å². The van der Waals surface area contributed by atoms with E-state index in [1.54, 1.807) is 29.6 Å². The zero-order chi connectivity index (χ0) is 32.1. The number of fused-ring (bicyclic) bond motifs is 2. The van der Waals surface area contributed by atoms with E-state index in [2.05, 4.69) is 34.2 Å². The number of aliphatic hydroxyl groups is 3. The molecule has 2 aromatic heterocycles. The van der Waals surface area contributed by atoms with Gasteiger partial charge in [0.2, 0.25) is 0 Å². The van der Waals surface area contributed by atoms with Crippen LogP contribution in [0.4, 0.5) is 0 Å². The second-order valence-corrected chi connectivity index (χ2v) is 12.8. The van der Waals surface area contributed by atoms with Gasteiger partial charge in [0.1, 0.15) is 0 Å². The van der Waals surface area contributed by atoms with Crippen molar-refractivity contribution in [2.45, 2.75) is 45.0 Å². The third kappa shape index (κ3) is 11.0. The van der Waals surface area contributed by atoms with E-state index >= 15 is 0 Å². The fourth-order valence-electron chi connectivity index (χ4n) is 4.68. The first-order valence-corrected chi connectivity index (χ1v) is 16.8. The van der Waals surface area contributed by atoms with E-state index < -0.39 is 12.2 Å². The first kappa shape index (κ1) is 36.2. The van der Waals surface area contributed by atoms with Crippen molar-refractivity contribution >= 4 is 43.1 Å². The third-order valence-corrected chi connectivity index (χ3v) is 9.19. The van der Waals surface area contributed by atoms with Crippen LogP contribution in [0.25, 0.3) is 41.6 Å². The summed E-state index contributed by atoms with van der Waals surface area (Å²) in [5, 5.41) is 29.6. The number of aliphatic hydroxyl groups excluding tert-OH is 3. The van der Waals surface area contributed by atoms with E-state index in [4.69, 9.17) is 10.2 Å². The van der Waals surface area contributed by atoms with Crippen molar-refractivity contribution in [1.82, 2.24) is 9.97 Å². The van der Waals surface area contributed by atoms with Gasteiger partial charge in [-0.1, -0.05) is 48.5 Å². The number of aryl methyl sites for hydroxylation is 1. The quantitative estimate of drug-likeness (QED) is 0.133. The number of para-hydroxylation sites is 2. The van der Waals surface area contributed by atoms with Crippen LogP contribution in [-0.4, -0.2) is 37.5 Å². The van der Waals surface area contributed by atoms with E-state index in [1.807, 2.05) is 109 Å². The maximum atomic E-state index is 9.58. The fourth-order valence-corrected chi connectivity index (χ4v) is 6.59. The summed E-state index contributed by atoms with van der Waals surface area (Å²) in [6.45, 7) is 1.74. The molecule has 0 bridgehead atoms. The molecular weight excluding hydrogens is 801 g/mol. The molecule has 0 spiro atoms. The predicted molar refractivity (Wildman–Crippen MR) is 191 cm³/mol. The number of aromatic nitrogens is 2. The molecule has 3 N–H and O–H groups in total. The zero-order valence-corrected chi connectivity index (χ0v) is 29.9. The number of hydrogen-bond acceptors (Lipinski definition) is 7. The van der Waals surface area contributed by atoms with E-state index in [-0.39, 0.29) is 26.7 Å². The van der Waals surface area contributed by atoms with Crippen LogP contribution >= 0.6 is 22.7 Å². The van der Waals surface area contributed by atoms with Gasteiger partial charge in [0, 0.05) is 39.5 Å². The molecule has 0 fully saturated rings. The largest absolute Gasteiger partial charge is 0.393 e. The molecule has 47 heavy (non-hydrogen) atoms. The summed E-state index contributed by atoms with van der Waals surface area (Å²) in [6.07, 6.45) is 0.974. The molecule has 0 amide bonds. The molecule has 8 heteroatoms. The maximum Gasteiger partial charge on any atom is 0.0697 e. The van der Waals surface area contributed by atoms with Crippen LogP contribution in [0.5, 0.6) is 0 Å². The molecule has 5 nitrogen and oxygen atoms in total. The molecule has 0 saturated heterocycles. The molecule has 7 rings (SSSR count). The average molecular weight is 837 g/mol. The van der Waals surface area contributed by atoms with E-state index in [0.717, 1.165) is 49.7 Å². The minimum absolute atomic E-state index is 0. The van der Waals surface area contributed by atoms with Crippen molar-refractivity contribution in [3.8, 4) is 21.1 Å². The van der Waals surface area contributed by atoms with Crippen LogP contribution < -0.4 is 0 Å². The number of rotatable bonds is 8. The second kappa shape index (κ2) is 18.7. The molecule has 2 unspecified atom stereocenters. The van der Waals surface area contributed by atoms with E-state index in [0.29, 0.717) is 12.8 Å². The number of hydrogen-bond donors (Lipinski definition) is 3. The monoisotopic (exact) mass is 837 g/mol. The Morgan fingerprint density at radius 2 is 1.11 bits per heavy atom. The second-order valence-electron chi connectivity index (χ2n) is 10.8. The van der Waals surface area contributed by atoms with E-state index in [9.17, 15) is 5.11 Å². The van der Waals surface area contributed by atoms with Gasteiger partial charge < -0.3 is 15.3 Å². The summed E-state index contributed by atoms with van der Waals surface area (Å²) in [5.74, 6) is 0. The minimum atomic E-state index is -0.452. The summed E-state index contributed by atoms with van der Waals surface area (Å²) in [7, 11) is 0. The Labute approximate surface area is 297 Å². The van der Waals surface area contributed by atoms with Crippen molar-refractivity contribution in [2.75, 3.05) is 0 Å². The molecule has 0 saturated carbocycles. The Kier molecular flexibility index (Phi) is 14.4. The summed E-state index contributed by atoms with van der Waals surface area (Å²) in [4.78, 5) is 9.14. The third-order valence-electron chi connectivity index (χ3n) is 7.05. The van der Waals surface area contributed by atoms with Gasteiger partial charge >= 0.3 is 0 Å². The predicted octanol–water partition coefficient (Wildman–Crippen LogP) is 8.77. The van der Waals surface area contributed by atoms with Crippen LogP contribution in [-0.2, 0) is 33.1 Å². The van der Waals surface area contributed by atoms with Crippen molar-refractivity contribution < 1.29 is 35.4 Å². The first-order valence-electron chi connectivity index (χ1n) is 15.2. The van der Waals surface area contributed by atoms with Crippen molar-refractivity contribution in [1.29, 1.82) is 0 Å². The summed E-state index contributed by atoms with van der Waals surface area (Å²) < 4.78 is 2.45. The van der Waals surface area contributed by atoms with Gasteiger partial charge in [-0.3, -0.25) is 9.97 Å². The first-order chi connectivity index (χ1) is 22.5. The molecule has 0 aliphatic carbocycles. The normalized spacial score (nSPS) is 11.8. The Hall–Kier alpha value is -3.59. The Balaban J connectivity index is 0.000000158. The van der Waals surface area contributed by atoms with E-state index in [1.165, 1.54) is 9.40 Å². The van der Waals surface area contributed by atoms with Crippen molar-refractivity contribution in [3.63, 3.8) is 0 Å². The standard InChI is InChI=1S/2C13H8NS.C13H20O3.Ir/c2*1-2-6-10(7-3-1)13-14-11-8-4-5-9-12(11)15-13;1-10(15)8-13(16)7-6-11-2-4-12(9-14)5-3-11;/h2*1-6,8-9H;2-5,10,13-16H,6-9H2,1H3;/q2*-1;;. The molecule has 7 aromatic rings. The van der Waals surface area contributed by atoms with Crippen molar-refractivity contribution in [2.24, 2.45) is 0 Å². The van der Waals surface area contributed by atoms with Gasteiger partial charge in [0.15, 0.2) is 0 Å². The van der Waals surface area contributed by atoms with Gasteiger partial charge in [-0.15, -0.1) is 71.8 Å². The van der Waals surface area contributed by atoms with Gasteiger partial charge in [-0.05, 0) is 61.6 Å². The molecule has 243 valence electrons. The Morgan fingerprint density at radius 1 is 0.638 bits per heavy atom. The molecule has 0 aliphatic rings. The molecule has 2 atom stereocenters. The Morgan fingerprint density at radius 3 is 1.53 bits per heavy atom. The van der Waals surface area contributed by atoms with Gasteiger partial charge in [0.25, 0.3) is 0 Å². The summed E-state index contributed by atoms with van der Waals surface area (Å²) >= 11 is 3.42. The summed E-state index contributed by atoms with van der Waals surface area (Å²) in [6, 6.07) is 46.3. The van der Waals surface area contributed by atoms with Gasteiger partial charge in [-0.25, -0.2) is 0 Å². The molecule has 0 aliphatic heterocycles. The molecule has 5 aromatic carbocycles. The van der Waals surface area contributed by atoms with Crippen LogP contribution in [0.3, 0.4) is 0 Å². The van der Waals surface area contributed by atoms with Crippen LogP contribution in [0.2, 0.25) is 0 Å². The van der Waals surface area contributed by atoms with Crippen molar-refractivity contribution in [3.05, 3.63) is 145 Å². The number of nitrogens with zero attached hydrogens (tertiary/aromatic N) is 2. The molecular formula is C39H36IrN2O3S2-2. The Bertz CT molecular complexity index is 1730. The average Bonchev–Trinajstić information content (AvgIpc) is 3.74. The SMILES string of the molecule is CC(O)CC(O)CCc1ccc(CO)cc1.[Ir].[c-]1ccccc1-c1nc2ccccc2s1.[c-]1ccccc1-c1nc2ccccc2s1. The smallest absolute Gasteiger partial charge is 0.0697 e. The number of benzene rings is 5. The fraction of sp³-hybridized carbons (Fsp3) is 0.179. The molecule has 1 radical (unpaired) electrons. The maximum absolute atomic E-state index is 9.58.